The summed E-state index contributed by atoms with van der Waals surface area (Å²) in [7, 11) is 0. The number of esters is 1. The maximum absolute atomic E-state index is 12.8. The molecule has 1 aromatic rings. The van der Waals surface area contributed by atoms with Gasteiger partial charge in [-0.1, -0.05) is 44.2 Å². The number of hydrogen-bond acceptors (Lipinski definition) is 3. The minimum absolute atomic E-state index is 0.0505. The minimum Gasteiger partial charge on any atom is -0.487 e. The third-order valence-corrected chi connectivity index (χ3v) is 5.56. The van der Waals surface area contributed by atoms with Crippen molar-refractivity contribution in [2.45, 2.75) is 59.7 Å². The van der Waals surface area contributed by atoms with Gasteiger partial charge in [-0.05, 0) is 56.7 Å². The van der Waals surface area contributed by atoms with Gasteiger partial charge in [-0.15, -0.1) is 0 Å². The van der Waals surface area contributed by atoms with Gasteiger partial charge in [-0.3, -0.25) is 4.79 Å². The molecule has 2 aliphatic rings. The van der Waals surface area contributed by atoms with Gasteiger partial charge >= 0.3 is 5.97 Å². The number of hydrogen-bond donors (Lipinski definition) is 0. The van der Waals surface area contributed by atoms with Crippen LogP contribution in [0, 0.1) is 17.3 Å². The smallest absolute Gasteiger partial charge is 0.311 e. The van der Waals surface area contributed by atoms with Crippen LogP contribution in [0.3, 0.4) is 0 Å². The van der Waals surface area contributed by atoms with Gasteiger partial charge in [0.1, 0.15) is 17.5 Å². The number of ether oxygens (including phenoxy) is 2. The summed E-state index contributed by atoms with van der Waals surface area (Å²) in [5.74, 6) is 0.882. The molecule has 0 N–H and O–H groups in total. The van der Waals surface area contributed by atoms with Crippen molar-refractivity contribution in [3.05, 3.63) is 53.6 Å². The molecule has 1 fully saturated rings. The second-order valence-corrected chi connectivity index (χ2v) is 9.07. The summed E-state index contributed by atoms with van der Waals surface area (Å²) >= 11 is 0. The van der Waals surface area contributed by atoms with E-state index in [0.717, 1.165) is 17.7 Å². The number of carbonyl (C=O) groups excluding carboxylic acids is 1. The van der Waals surface area contributed by atoms with E-state index in [1.807, 2.05) is 12.1 Å². The highest BCUT2D eigenvalue weighted by atomic mass is 16.5. The SMILES string of the molecule is C=CC(OC(=O)C1C(C=C(C)C)C1(C)C)c1ccc2c(c1)OC(C)(C)C2. The molecule has 26 heavy (non-hydrogen) atoms. The first-order chi connectivity index (χ1) is 12.0. The molecule has 140 valence electrons. The lowest BCUT2D eigenvalue weighted by molar-refractivity contribution is -0.149. The van der Waals surface area contributed by atoms with Crippen LogP contribution >= 0.6 is 0 Å². The monoisotopic (exact) mass is 354 g/mol. The molecule has 0 amide bonds. The van der Waals surface area contributed by atoms with Gasteiger partial charge in [0.25, 0.3) is 0 Å². The number of benzene rings is 1. The van der Waals surface area contributed by atoms with Crippen LogP contribution in [0.25, 0.3) is 0 Å². The molecule has 0 radical (unpaired) electrons. The fraction of sp³-hybridized carbons (Fsp3) is 0.522. The largest absolute Gasteiger partial charge is 0.487 e. The van der Waals surface area contributed by atoms with Gasteiger partial charge < -0.3 is 9.47 Å². The molecule has 0 saturated heterocycles. The highest BCUT2D eigenvalue weighted by molar-refractivity contribution is 5.78. The van der Waals surface area contributed by atoms with Crippen LogP contribution in [-0.4, -0.2) is 11.6 Å². The molecule has 3 nitrogen and oxygen atoms in total. The maximum Gasteiger partial charge on any atom is 0.311 e. The normalized spacial score (nSPS) is 25.5. The van der Waals surface area contributed by atoms with Crippen molar-refractivity contribution in [2.24, 2.45) is 17.3 Å². The Hall–Kier alpha value is -2.03. The summed E-state index contributed by atoms with van der Waals surface area (Å²) in [6, 6.07) is 6.06. The molecule has 3 heteroatoms. The molecule has 0 spiro atoms. The summed E-state index contributed by atoms with van der Waals surface area (Å²) in [5, 5.41) is 0. The summed E-state index contributed by atoms with van der Waals surface area (Å²) in [6.45, 7) is 16.4. The van der Waals surface area contributed by atoms with E-state index in [4.69, 9.17) is 9.47 Å². The Kier molecular flexibility index (Phi) is 4.54. The van der Waals surface area contributed by atoms with Crippen LogP contribution in [0.15, 0.2) is 42.5 Å². The fourth-order valence-electron chi connectivity index (χ4n) is 4.03. The predicted octanol–water partition coefficient (Wildman–Crippen LogP) is 5.41. The van der Waals surface area contributed by atoms with Gasteiger partial charge in [0, 0.05) is 12.0 Å². The molecule has 3 atom stereocenters. The van der Waals surface area contributed by atoms with E-state index >= 15 is 0 Å². The zero-order valence-electron chi connectivity index (χ0n) is 16.8. The average Bonchev–Trinajstić information content (AvgIpc) is 2.90. The van der Waals surface area contributed by atoms with Crippen LogP contribution in [0.2, 0.25) is 0 Å². The summed E-state index contributed by atoms with van der Waals surface area (Å²) in [5.41, 5.74) is 3.10. The highest BCUT2D eigenvalue weighted by Crippen LogP contribution is 2.60. The second kappa shape index (κ2) is 6.29. The van der Waals surface area contributed by atoms with E-state index in [1.165, 1.54) is 11.1 Å². The summed E-state index contributed by atoms with van der Waals surface area (Å²) in [6.07, 6.45) is 4.30. The Morgan fingerprint density at radius 3 is 2.62 bits per heavy atom. The second-order valence-electron chi connectivity index (χ2n) is 9.07. The Morgan fingerprint density at radius 1 is 1.31 bits per heavy atom. The molecule has 0 bridgehead atoms. The van der Waals surface area contributed by atoms with E-state index in [9.17, 15) is 4.79 Å². The van der Waals surface area contributed by atoms with Crippen LogP contribution in [-0.2, 0) is 16.0 Å². The van der Waals surface area contributed by atoms with Crippen LogP contribution < -0.4 is 4.74 Å². The lowest BCUT2D eigenvalue weighted by atomic mass is 10.00. The highest BCUT2D eigenvalue weighted by Gasteiger charge is 2.61. The number of fused-ring (bicyclic) bond motifs is 1. The summed E-state index contributed by atoms with van der Waals surface area (Å²) < 4.78 is 11.8. The molecular weight excluding hydrogens is 324 g/mol. The molecule has 3 unspecified atom stereocenters. The first-order valence-electron chi connectivity index (χ1n) is 9.35. The van der Waals surface area contributed by atoms with Gasteiger partial charge in [0.15, 0.2) is 0 Å². The van der Waals surface area contributed by atoms with Crippen molar-refractivity contribution in [3.63, 3.8) is 0 Å². The average molecular weight is 354 g/mol. The Balaban J connectivity index is 1.74. The third-order valence-electron chi connectivity index (χ3n) is 5.56. The molecule has 1 heterocycles. The Labute approximate surface area is 157 Å². The van der Waals surface area contributed by atoms with Crippen LogP contribution in [0.5, 0.6) is 5.75 Å². The Bertz CT molecular complexity index is 766. The molecular formula is C23H30O3. The lowest BCUT2D eigenvalue weighted by Gasteiger charge is -2.18. The lowest BCUT2D eigenvalue weighted by Crippen LogP contribution is -2.24. The van der Waals surface area contributed by atoms with E-state index in [1.54, 1.807) is 6.08 Å². The third kappa shape index (κ3) is 3.44. The van der Waals surface area contributed by atoms with E-state index in [2.05, 4.69) is 60.3 Å². The van der Waals surface area contributed by atoms with Crippen molar-refractivity contribution in [2.75, 3.05) is 0 Å². The van der Waals surface area contributed by atoms with E-state index < -0.39 is 6.10 Å². The number of rotatable bonds is 5. The number of allylic oxidation sites excluding steroid dienone is 2. The molecule has 1 aliphatic heterocycles. The van der Waals surface area contributed by atoms with Crippen LogP contribution in [0.4, 0.5) is 0 Å². The van der Waals surface area contributed by atoms with Gasteiger partial charge in [-0.25, -0.2) is 0 Å². The fourth-order valence-corrected chi connectivity index (χ4v) is 4.03. The minimum atomic E-state index is -0.455. The van der Waals surface area contributed by atoms with Crippen LogP contribution in [0.1, 0.15) is 58.8 Å². The van der Waals surface area contributed by atoms with Gasteiger partial charge in [0.05, 0.1) is 5.92 Å². The van der Waals surface area contributed by atoms with E-state index in [-0.39, 0.29) is 28.8 Å². The van der Waals surface area contributed by atoms with E-state index in [0.29, 0.717) is 0 Å². The zero-order chi connectivity index (χ0) is 19.3. The first kappa shape index (κ1) is 18.8. The van der Waals surface area contributed by atoms with Gasteiger partial charge in [-0.2, -0.15) is 0 Å². The van der Waals surface area contributed by atoms with Gasteiger partial charge in [0.2, 0.25) is 0 Å². The zero-order valence-corrected chi connectivity index (χ0v) is 16.8. The topological polar surface area (TPSA) is 35.5 Å². The molecule has 0 aromatic heterocycles. The molecule has 3 rings (SSSR count). The Morgan fingerprint density at radius 2 is 2.00 bits per heavy atom. The number of carbonyl (C=O) groups is 1. The van der Waals surface area contributed by atoms with Crippen molar-refractivity contribution in [1.29, 1.82) is 0 Å². The van der Waals surface area contributed by atoms with Crippen molar-refractivity contribution in [1.82, 2.24) is 0 Å². The first-order valence-corrected chi connectivity index (χ1v) is 9.35. The van der Waals surface area contributed by atoms with Crippen molar-refractivity contribution >= 4 is 5.97 Å². The molecule has 1 aromatic carbocycles. The van der Waals surface area contributed by atoms with Crippen molar-refractivity contribution in [3.8, 4) is 5.75 Å². The summed E-state index contributed by atoms with van der Waals surface area (Å²) in [4.78, 5) is 12.8. The molecule has 1 aliphatic carbocycles. The maximum atomic E-state index is 12.8. The standard InChI is InChI=1S/C23H30O3/c1-8-18(15-9-10-16-13-22(4,5)26-19(16)12-15)25-21(24)20-17(11-14(2)3)23(20,6)7/h8-12,17-18,20H,1,13H2,2-7H3. The molecule has 1 saturated carbocycles. The quantitative estimate of drug-likeness (QED) is 0.524. The van der Waals surface area contributed by atoms with Crippen molar-refractivity contribution < 1.29 is 14.3 Å². The predicted molar refractivity (Wildman–Crippen MR) is 104 cm³/mol.